The molecule has 4 heteroatoms. The van der Waals surface area contributed by atoms with Crippen LogP contribution in [0.1, 0.15) is 28.2 Å². The molecule has 1 unspecified atom stereocenters. The van der Waals surface area contributed by atoms with Crippen LogP contribution in [0.15, 0.2) is 6.07 Å². The van der Waals surface area contributed by atoms with Gasteiger partial charge in [0.2, 0.25) is 5.91 Å². The van der Waals surface area contributed by atoms with Crippen molar-refractivity contribution in [3.63, 3.8) is 0 Å². The first kappa shape index (κ1) is 11.6. The highest BCUT2D eigenvalue weighted by molar-refractivity contribution is 7.12. The first-order valence-corrected chi connectivity index (χ1v) is 6.53. The molecule has 0 radical (unpaired) electrons. The molecule has 2 heterocycles. The molecule has 1 aromatic rings. The van der Waals surface area contributed by atoms with Crippen LogP contribution in [0.4, 0.5) is 0 Å². The summed E-state index contributed by atoms with van der Waals surface area (Å²) in [6.45, 7) is 6.08. The van der Waals surface area contributed by atoms with E-state index in [4.69, 9.17) is 0 Å². The van der Waals surface area contributed by atoms with E-state index in [1.54, 1.807) is 0 Å². The van der Waals surface area contributed by atoms with Crippen molar-refractivity contribution in [1.82, 2.24) is 10.6 Å². The Morgan fingerprint density at radius 3 is 2.94 bits per heavy atom. The molecule has 1 aliphatic heterocycles. The molecular weight excluding hydrogens is 220 g/mol. The summed E-state index contributed by atoms with van der Waals surface area (Å²) in [5.74, 6) is 0.189. The summed E-state index contributed by atoms with van der Waals surface area (Å²) in [5.41, 5.74) is 1.37. The van der Waals surface area contributed by atoms with Gasteiger partial charge in [-0.1, -0.05) is 0 Å². The Labute approximate surface area is 100 Å². The van der Waals surface area contributed by atoms with Crippen LogP contribution in [-0.4, -0.2) is 18.5 Å². The average molecular weight is 238 g/mol. The van der Waals surface area contributed by atoms with Crippen LogP contribution in [-0.2, 0) is 11.3 Å². The summed E-state index contributed by atoms with van der Waals surface area (Å²) >= 11 is 1.85. The molecule has 1 fully saturated rings. The smallest absolute Gasteiger partial charge is 0.220 e. The van der Waals surface area contributed by atoms with Crippen molar-refractivity contribution in [2.24, 2.45) is 0 Å². The largest absolute Gasteiger partial charge is 0.352 e. The fourth-order valence-electron chi connectivity index (χ4n) is 1.94. The molecule has 0 aliphatic carbocycles. The number of hydrogen-bond donors (Lipinski definition) is 2. The predicted octanol–water partition coefficient (Wildman–Crippen LogP) is 1.73. The van der Waals surface area contributed by atoms with Gasteiger partial charge in [0.25, 0.3) is 0 Å². The highest BCUT2D eigenvalue weighted by Gasteiger charge is 2.19. The SMILES string of the molecule is Cc1cc(CNCC2CCC(=O)N2)sc1C. The van der Waals surface area contributed by atoms with E-state index in [0.717, 1.165) is 19.5 Å². The van der Waals surface area contributed by atoms with E-state index in [1.165, 1.54) is 15.3 Å². The van der Waals surface area contributed by atoms with Crippen molar-refractivity contribution in [1.29, 1.82) is 0 Å². The summed E-state index contributed by atoms with van der Waals surface area (Å²) < 4.78 is 0. The molecule has 0 bridgehead atoms. The summed E-state index contributed by atoms with van der Waals surface area (Å²) in [6, 6.07) is 2.56. The van der Waals surface area contributed by atoms with E-state index in [0.29, 0.717) is 12.5 Å². The van der Waals surface area contributed by atoms with Crippen molar-refractivity contribution >= 4 is 17.2 Å². The van der Waals surface area contributed by atoms with Gasteiger partial charge < -0.3 is 10.6 Å². The topological polar surface area (TPSA) is 41.1 Å². The lowest BCUT2D eigenvalue weighted by molar-refractivity contribution is -0.119. The van der Waals surface area contributed by atoms with E-state index < -0.39 is 0 Å². The summed E-state index contributed by atoms with van der Waals surface area (Å²) in [7, 11) is 0. The molecule has 2 rings (SSSR count). The van der Waals surface area contributed by atoms with Crippen LogP contribution in [0, 0.1) is 13.8 Å². The monoisotopic (exact) mass is 238 g/mol. The van der Waals surface area contributed by atoms with Gasteiger partial charge in [-0.25, -0.2) is 0 Å². The van der Waals surface area contributed by atoms with Gasteiger partial charge in [0.1, 0.15) is 0 Å². The highest BCUT2D eigenvalue weighted by atomic mass is 32.1. The minimum absolute atomic E-state index is 0.189. The van der Waals surface area contributed by atoms with Crippen LogP contribution in [0.25, 0.3) is 0 Å². The van der Waals surface area contributed by atoms with Crippen molar-refractivity contribution < 1.29 is 4.79 Å². The molecule has 1 aliphatic rings. The van der Waals surface area contributed by atoms with Crippen LogP contribution in [0.2, 0.25) is 0 Å². The fourth-order valence-corrected chi connectivity index (χ4v) is 2.96. The molecule has 3 nitrogen and oxygen atoms in total. The van der Waals surface area contributed by atoms with Crippen LogP contribution >= 0.6 is 11.3 Å². The van der Waals surface area contributed by atoms with Gasteiger partial charge in [0.05, 0.1) is 0 Å². The van der Waals surface area contributed by atoms with Crippen LogP contribution in [0.3, 0.4) is 0 Å². The lowest BCUT2D eigenvalue weighted by atomic mass is 10.2. The second-order valence-corrected chi connectivity index (χ2v) is 5.73. The van der Waals surface area contributed by atoms with E-state index in [-0.39, 0.29) is 5.91 Å². The predicted molar refractivity (Wildman–Crippen MR) is 66.7 cm³/mol. The number of hydrogen-bond acceptors (Lipinski definition) is 3. The maximum Gasteiger partial charge on any atom is 0.220 e. The molecule has 1 aromatic heterocycles. The molecule has 1 amide bonds. The molecule has 1 saturated heterocycles. The molecule has 88 valence electrons. The molecule has 16 heavy (non-hydrogen) atoms. The van der Waals surface area contributed by atoms with E-state index in [2.05, 4.69) is 30.5 Å². The van der Waals surface area contributed by atoms with Gasteiger partial charge in [0, 0.05) is 35.3 Å². The third-order valence-corrected chi connectivity index (χ3v) is 4.14. The number of carbonyl (C=O) groups excluding carboxylic acids is 1. The minimum Gasteiger partial charge on any atom is -0.352 e. The zero-order valence-electron chi connectivity index (χ0n) is 9.80. The van der Waals surface area contributed by atoms with Crippen molar-refractivity contribution in [2.45, 2.75) is 39.3 Å². The van der Waals surface area contributed by atoms with Gasteiger partial charge in [-0.05, 0) is 31.9 Å². The first-order valence-electron chi connectivity index (χ1n) is 5.71. The number of thiophene rings is 1. The van der Waals surface area contributed by atoms with Gasteiger partial charge >= 0.3 is 0 Å². The van der Waals surface area contributed by atoms with Crippen LogP contribution in [0.5, 0.6) is 0 Å². The normalized spacial score (nSPS) is 20.1. The quantitative estimate of drug-likeness (QED) is 0.839. The molecule has 1 atom stereocenters. The number of carbonyl (C=O) groups is 1. The van der Waals surface area contributed by atoms with Gasteiger partial charge in [-0.15, -0.1) is 11.3 Å². The molecular formula is C12H18N2OS. The number of amides is 1. The molecule has 0 aromatic carbocycles. The maximum atomic E-state index is 11.0. The minimum atomic E-state index is 0.189. The van der Waals surface area contributed by atoms with Gasteiger partial charge in [-0.3, -0.25) is 4.79 Å². The Morgan fingerprint density at radius 1 is 1.56 bits per heavy atom. The maximum absolute atomic E-state index is 11.0. The van der Waals surface area contributed by atoms with Crippen LogP contribution < -0.4 is 10.6 Å². The Kier molecular flexibility index (Phi) is 3.61. The lowest BCUT2D eigenvalue weighted by Gasteiger charge is -2.10. The molecule has 0 saturated carbocycles. The van der Waals surface area contributed by atoms with Crippen molar-refractivity contribution in [3.8, 4) is 0 Å². The molecule has 0 spiro atoms. The van der Waals surface area contributed by atoms with Crippen molar-refractivity contribution in [3.05, 3.63) is 21.4 Å². The van der Waals surface area contributed by atoms with E-state index >= 15 is 0 Å². The Hall–Kier alpha value is -0.870. The summed E-state index contributed by atoms with van der Waals surface area (Å²) in [4.78, 5) is 13.8. The first-order chi connectivity index (χ1) is 7.65. The number of aryl methyl sites for hydroxylation is 2. The second kappa shape index (κ2) is 4.97. The number of nitrogens with one attached hydrogen (secondary N) is 2. The average Bonchev–Trinajstić information content (AvgIpc) is 2.75. The Balaban J connectivity index is 1.73. The number of rotatable bonds is 4. The second-order valence-electron chi connectivity index (χ2n) is 4.39. The van der Waals surface area contributed by atoms with E-state index in [9.17, 15) is 4.79 Å². The van der Waals surface area contributed by atoms with Gasteiger partial charge in [0.15, 0.2) is 0 Å². The van der Waals surface area contributed by atoms with E-state index in [1.807, 2.05) is 11.3 Å². The fraction of sp³-hybridized carbons (Fsp3) is 0.583. The Morgan fingerprint density at radius 2 is 2.38 bits per heavy atom. The summed E-state index contributed by atoms with van der Waals surface area (Å²) in [6.07, 6.45) is 1.65. The van der Waals surface area contributed by atoms with Crippen molar-refractivity contribution in [2.75, 3.05) is 6.54 Å². The molecule has 2 N–H and O–H groups in total. The third kappa shape index (κ3) is 2.83. The zero-order valence-corrected chi connectivity index (χ0v) is 10.6. The zero-order chi connectivity index (χ0) is 11.5. The van der Waals surface area contributed by atoms with Gasteiger partial charge in [-0.2, -0.15) is 0 Å². The Bertz CT molecular complexity index is 367. The summed E-state index contributed by atoms with van der Waals surface area (Å²) in [5, 5.41) is 6.36. The lowest BCUT2D eigenvalue weighted by Crippen LogP contribution is -2.35. The highest BCUT2D eigenvalue weighted by Crippen LogP contribution is 2.20. The third-order valence-electron chi connectivity index (χ3n) is 2.99. The standard InChI is InChI=1S/C12H18N2OS/c1-8-5-11(16-9(8)2)7-13-6-10-3-4-12(15)14-10/h5,10,13H,3-4,6-7H2,1-2H3,(H,14,15).